The highest BCUT2D eigenvalue weighted by Gasteiger charge is 2.41. The molecule has 50 heavy (non-hydrogen) atoms. The maximum atomic E-state index is 14.1. The van der Waals surface area contributed by atoms with Crippen molar-refractivity contribution in [1.29, 1.82) is 0 Å². The number of hydrogen-bond acceptors (Lipinski definition) is 8. The summed E-state index contributed by atoms with van der Waals surface area (Å²) >= 11 is 0. The van der Waals surface area contributed by atoms with E-state index in [9.17, 15) is 39.0 Å². The van der Waals surface area contributed by atoms with Crippen LogP contribution in [0.2, 0.25) is 0 Å². The van der Waals surface area contributed by atoms with E-state index in [-0.39, 0.29) is 55.7 Å². The monoisotopic (exact) mass is 700 g/mol. The first-order valence-electron chi connectivity index (χ1n) is 17.7. The minimum absolute atomic E-state index is 0.000935. The van der Waals surface area contributed by atoms with Gasteiger partial charge < -0.3 is 41.7 Å². The Balaban J connectivity index is 2.10. The number of rotatable bonds is 9. The summed E-state index contributed by atoms with van der Waals surface area (Å²) < 4.78 is 0. The zero-order valence-corrected chi connectivity index (χ0v) is 30.3. The van der Waals surface area contributed by atoms with Crippen molar-refractivity contribution in [3.63, 3.8) is 0 Å². The largest absolute Gasteiger partial charge is 0.508 e. The van der Waals surface area contributed by atoms with E-state index in [0.29, 0.717) is 18.4 Å². The van der Waals surface area contributed by atoms with Crippen LogP contribution in [-0.2, 0) is 35.2 Å². The Labute approximate surface area is 294 Å². The van der Waals surface area contributed by atoms with E-state index in [0.717, 1.165) is 0 Å². The summed E-state index contributed by atoms with van der Waals surface area (Å²) in [6.07, 6.45) is 0.164. The summed E-state index contributed by atoms with van der Waals surface area (Å²) in [5.41, 5.74) is 0.590. The number of carbonyl (C=O) groups is 6. The SMILES string of the molecule is CC(C)C[C@@H]1NC(=O)[C@@H](CC(C)C)NC(=O)[C@@H]([C@H](C)O)NC(=O)[C@H](Cc2ccc(O)cc2)NC(=O)[C@@H]2CCCN2C(=O)[C@H](CC(C)C)NC1=O. The van der Waals surface area contributed by atoms with Gasteiger partial charge in [-0.15, -0.1) is 0 Å². The van der Waals surface area contributed by atoms with Crippen molar-refractivity contribution < 1.29 is 39.0 Å². The number of benzene rings is 1. The summed E-state index contributed by atoms with van der Waals surface area (Å²) in [4.78, 5) is 84.5. The first kappa shape index (κ1) is 40.2. The molecule has 3 rings (SSSR count). The van der Waals surface area contributed by atoms with Crippen LogP contribution < -0.4 is 26.6 Å². The third-order valence-electron chi connectivity index (χ3n) is 8.91. The van der Waals surface area contributed by atoms with Gasteiger partial charge >= 0.3 is 0 Å². The zero-order valence-electron chi connectivity index (χ0n) is 30.3. The second kappa shape index (κ2) is 18.2. The van der Waals surface area contributed by atoms with Crippen LogP contribution in [0.5, 0.6) is 5.75 Å². The molecule has 0 spiro atoms. The molecule has 0 radical (unpaired) electrons. The summed E-state index contributed by atoms with van der Waals surface area (Å²) in [7, 11) is 0. The molecular formula is C36H56N6O8. The lowest BCUT2D eigenvalue weighted by atomic mass is 9.98. The van der Waals surface area contributed by atoms with Gasteiger partial charge in [-0.05, 0) is 74.5 Å². The average molecular weight is 701 g/mol. The van der Waals surface area contributed by atoms with Gasteiger partial charge in [0.2, 0.25) is 35.4 Å². The Hall–Kier alpha value is -4.20. The molecule has 2 aliphatic rings. The molecule has 1 aromatic carbocycles. The predicted octanol–water partition coefficient (Wildman–Crippen LogP) is 0.882. The first-order chi connectivity index (χ1) is 23.5. The summed E-state index contributed by atoms with van der Waals surface area (Å²) in [5, 5.41) is 34.1. The Morgan fingerprint density at radius 2 is 1.10 bits per heavy atom. The van der Waals surface area contributed by atoms with Crippen molar-refractivity contribution in [2.45, 2.75) is 129 Å². The number of aromatic hydroxyl groups is 1. The van der Waals surface area contributed by atoms with Gasteiger partial charge in [0.05, 0.1) is 6.10 Å². The summed E-state index contributed by atoms with van der Waals surface area (Å²) in [5.74, 6) is -3.83. The minimum Gasteiger partial charge on any atom is -0.508 e. The lowest BCUT2D eigenvalue weighted by Crippen LogP contribution is -2.63. The lowest BCUT2D eigenvalue weighted by Gasteiger charge is -2.32. The second-order valence-corrected chi connectivity index (χ2v) is 14.9. The summed E-state index contributed by atoms with van der Waals surface area (Å²) in [6, 6.07) is -0.736. The predicted molar refractivity (Wildman–Crippen MR) is 186 cm³/mol. The van der Waals surface area contributed by atoms with Crippen LogP contribution in [0.4, 0.5) is 0 Å². The minimum atomic E-state index is -1.50. The molecule has 0 aromatic heterocycles. The molecule has 7 N–H and O–H groups in total. The van der Waals surface area contributed by atoms with Crippen molar-refractivity contribution in [1.82, 2.24) is 31.5 Å². The van der Waals surface area contributed by atoms with E-state index in [2.05, 4.69) is 26.6 Å². The van der Waals surface area contributed by atoms with E-state index in [1.807, 2.05) is 41.5 Å². The average Bonchev–Trinajstić information content (AvgIpc) is 3.52. The third-order valence-corrected chi connectivity index (χ3v) is 8.91. The van der Waals surface area contributed by atoms with Gasteiger partial charge in [-0.3, -0.25) is 28.8 Å². The molecule has 7 atom stereocenters. The Morgan fingerprint density at radius 3 is 1.62 bits per heavy atom. The van der Waals surface area contributed by atoms with Gasteiger partial charge in [-0.2, -0.15) is 0 Å². The maximum absolute atomic E-state index is 14.1. The van der Waals surface area contributed by atoms with Crippen molar-refractivity contribution in [3.8, 4) is 5.75 Å². The highest BCUT2D eigenvalue weighted by atomic mass is 16.3. The van der Waals surface area contributed by atoms with E-state index in [1.54, 1.807) is 12.1 Å². The standard InChI is InChI=1S/C36H56N6O8/c1-19(2)15-25-32(46)40-28(17-21(5)6)36(50)42-14-8-9-29(42)34(48)38-27(18-23-10-12-24(44)13-11-23)33(47)41-30(22(7)43)35(49)39-26(16-20(3)4)31(45)37-25/h10-13,19-22,25-30,43-44H,8-9,14-18H2,1-7H3,(H,37,45)(H,38,48)(H,39,49)(H,40,46)(H,41,47)/t22-,25-,26+,27-,28-,29-,30+/m0/s1. The number of phenols is 1. The van der Waals surface area contributed by atoms with Gasteiger partial charge in [0.1, 0.15) is 42.0 Å². The molecule has 0 unspecified atom stereocenters. The number of hydrogen-bond donors (Lipinski definition) is 7. The number of amides is 6. The second-order valence-electron chi connectivity index (χ2n) is 14.9. The molecule has 14 heteroatoms. The van der Waals surface area contributed by atoms with Crippen LogP contribution in [0.15, 0.2) is 24.3 Å². The van der Waals surface area contributed by atoms with Crippen LogP contribution in [0.25, 0.3) is 0 Å². The van der Waals surface area contributed by atoms with Gasteiger partial charge in [-0.1, -0.05) is 53.7 Å². The Kier molecular flexibility index (Phi) is 14.6. The van der Waals surface area contributed by atoms with Gasteiger partial charge in [-0.25, -0.2) is 0 Å². The van der Waals surface area contributed by atoms with Crippen molar-refractivity contribution in [2.24, 2.45) is 17.8 Å². The highest BCUT2D eigenvalue weighted by Crippen LogP contribution is 2.22. The molecule has 278 valence electrons. The van der Waals surface area contributed by atoms with Crippen molar-refractivity contribution in [3.05, 3.63) is 29.8 Å². The Bertz CT molecular complexity index is 1360. The van der Waals surface area contributed by atoms with Gasteiger partial charge in [0.25, 0.3) is 0 Å². The normalized spacial score (nSPS) is 26.8. The molecule has 2 heterocycles. The van der Waals surface area contributed by atoms with Crippen LogP contribution in [-0.4, -0.2) is 99.5 Å². The quantitative estimate of drug-likeness (QED) is 0.196. The Morgan fingerprint density at radius 1 is 0.640 bits per heavy atom. The van der Waals surface area contributed by atoms with Crippen molar-refractivity contribution in [2.75, 3.05) is 6.54 Å². The first-order valence-corrected chi connectivity index (χ1v) is 17.7. The molecule has 14 nitrogen and oxygen atoms in total. The van der Waals surface area contributed by atoms with Crippen molar-refractivity contribution >= 4 is 35.4 Å². The molecule has 2 saturated heterocycles. The number of phenolic OH excluding ortho intramolecular Hbond substituents is 1. The molecule has 2 fully saturated rings. The van der Waals surface area contributed by atoms with Gasteiger partial charge in [0, 0.05) is 13.0 Å². The molecule has 1 aromatic rings. The molecular weight excluding hydrogens is 644 g/mol. The number of aliphatic hydroxyl groups excluding tert-OH is 1. The van der Waals surface area contributed by atoms with Gasteiger partial charge in [0.15, 0.2) is 0 Å². The van der Waals surface area contributed by atoms with E-state index in [1.165, 1.54) is 24.0 Å². The van der Waals surface area contributed by atoms with Crippen LogP contribution >= 0.6 is 0 Å². The van der Waals surface area contributed by atoms with E-state index in [4.69, 9.17) is 0 Å². The molecule has 6 amide bonds. The molecule has 0 aliphatic carbocycles. The zero-order chi connectivity index (χ0) is 37.3. The maximum Gasteiger partial charge on any atom is 0.245 e. The number of carbonyl (C=O) groups excluding carboxylic acids is 6. The fourth-order valence-electron chi connectivity index (χ4n) is 6.41. The molecule has 0 bridgehead atoms. The number of aliphatic hydroxyl groups is 1. The fourth-order valence-corrected chi connectivity index (χ4v) is 6.41. The highest BCUT2D eigenvalue weighted by molar-refractivity contribution is 5.98. The fraction of sp³-hybridized carbons (Fsp3) is 0.667. The number of nitrogens with one attached hydrogen (secondary N) is 5. The van der Waals surface area contributed by atoms with E-state index < -0.39 is 77.8 Å². The number of fused-ring (bicyclic) bond motifs is 1. The summed E-state index contributed by atoms with van der Waals surface area (Å²) in [6.45, 7) is 12.9. The third kappa shape index (κ3) is 11.4. The van der Waals surface area contributed by atoms with Crippen LogP contribution in [0.3, 0.4) is 0 Å². The lowest BCUT2D eigenvalue weighted by molar-refractivity contribution is -0.143. The van der Waals surface area contributed by atoms with Crippen LogP contribution in [0, 0.1) is 17.8 Å². The smallest absolute Gasteiger partial charge is 0.245 e. The molecule has 2 aliphatic heterocycles. The number of nitrogens with zero attached hydrogens (tertiary/aromatic N) is 1. The van der Waals surface area contributed by atoms with E-state index >= 15 is 0 Å². The van der Waals surface area contributed by atoms with Crippen LogP contribution in [0.1, 0.15) is 86.1 Å². The molecule has 0 saturated carbocycles. The topological polar surface area (TPSA) is 206 Å².